The van der Waals surface area contributed by atoms with E-state index >= 15 is 0 Å². The first kappa shape index (κ1) is 15.1. The van der Waals surface area contributed by atoms with Gasteiger partial charge < -0.3 is 5.11 Å². The third-order valence-electron chi connectivity index (χ3n) is 4.77. The van der Waals surface area contributed by atoms with Crippen LogP contribution in [0.4, 0.5) is 0 Å². The average Bonchev–Trinajstić information content (AvgIpc) is 2.47. The van der Waals surface area contributed by atoms with E-state index in [9.17, 15) is 9.90 Å². The van der Waals surface area contributed by atoms with Gasteiger partial charge in [-0.1, -0.05) is 51.0 Å². The van der Waals surface area contributed by atoms with Crippen molar-refractivity contribution in [2.75, 3.05) is 0 Å². The maximum atomic E-state index is 11.5. The Labute approximate surface area is 122 Å². The summed E-state index contributed by atoms with van der Waals surface area (Å²) in [6.07, 6.45) is 6.30. The third-order valence-corrected chi connectivity index (χ3v) is 4.77. The zero-order valence-electron chi connectivity index (χ0n) is 12.6. The summed E-state index contributed by atoms with van der Waals surface area (Å²) in [5.74, 6) is 0.0635. The molecule has 3 atom stereocenters. The van der Waals surface area contributed by atoms with Crippen molar-refractivity contribution in [3.05, 3.63) is 35.4 Å². The molecule has 0 bridgehead atoms. The van der Waals surface area contributed by atoms with Gasteiger partial charge in [0, 0.05) is 0 Å². The Morgan fingerprint density at radius 2 is 2.10 bits per heavy atom. The van der Waals surface area contributed by atoms with E-state index < -0.39 is 5.97 Å². The molecule has 1 aromatic rings. The molecule has 0 amide bonds. The molecule has 1 aliphatic rings. The van der Waals surface area contributed by atoms with Crippen molar-refractivity contribution in [1.29, 1.82) is 0 Å². The number of carboxylic acid groups (broad SMARTS) is 1. The Balaban J connectivity index is 2.25. The lowest BCUT2D eigenvalue weighted by molar-refractivity contribution is -0.143. The minimum Gasteiger partial charge on any atom is -0.481 e. The van der Waals surface area contributed by atoms with E-state index in [4.69, 9.17) is 0 Å². The quantitative estimate of drug-likeness (QED) is 0.849. The van der Waals surface area contributed by atoms with Gasteiger partial charge in [-0.25, -0.2) is 0 Å². The van der Waals surface area contributed by atoms with Crippen LogP contribution in [0.5, 0.6) is 0 Å². The summed E-state index contributed by atoms with van der Waals surface area (Å²) < 4.78 is 0. The van der Waals surface area contributed by atoms with Gasteiger partial charge >= 0.3 is 5.97 Å². The van der Waals surface area contributed by atoms with Crippen LogP contribution in [0.1, 0.15) is 63.0 Å². The molecule has 2 nitrogen and oxygen atoms in total. The monoisotopic (exact) mass is 274 g/mol. The molecule has 20 heavy (non-hydrogen) atoms. The Hall–Kier alpha value is -1.31. The smallest absolute Gasteiger partial charge is 0.307 e. The third kappa shape index (κ3) is 3.41. The minimum atomic E-state index is -0.620. The molecule has 1 aliphatic carbocycles. The highest BCUT2D eigenvalue weighted by molar-refractivity contribution is 5.71. The van der Waals surface area contributed by atoms with Gasteiger partial charge in [0.1, 0.15) is 0 Å². The number of carbonyl (C=O) groups is 1. The molecule has 0 aliphatic heterocycles. The Kier molecular flexibility index (Phi) is 5.22. The van der Waals surface area contributed by atoms with Gasteiger partial charge in [-0.05, 0) is 48.6 Å². The largest absolute Gasteiger partial charge is 0.481 e. The summed E-state index contributed by atoms with van der Waals surface area (Å²) in [5, 5.41) is 9.50. The second-order valence-corrected chi connectivity index (χ2v) is 6.13. The molecule has 0 aromatic heterocycles. The molecule has 2 rings (SSSR count). The highest BCUT2D eigenvalue weighted by Crippen LogP contribution is 2.42. The first-order valence-electron chi connectivity index (χ1n) is 7.97. The summed E-state index contributed by atoms with van der Waals surface area (Å²) in [7, 11) is 0. The summed E-state index contributed by atoms with van der Waals surface area (Å²) >= 11 is 0. The van der Waals surface area contributed by atoms with Crippen LogP contribution in [-0.2, 0) is 11.2 Å². The van der Waals surface area contributed by atoms with Crippen molar-refractivity contribution >= 4 is 5.97 Å². The van der Waals surface area contributed by atoms with Gasteiger partial charge in [0.25, 0.3) is 0 Å². The summed E-state index contributed by atoms with van der Waals surface area (Å²) in [6.45, 7) is 4.40. The fourth-order valence-corrected chi connectivity index (χ4v) is 3.56. The molecular formula is C18H26O2. The van der Waals surface area contributed by atoms with Gasteiger partial charge in [-0.3, -0.25) is 4.79 Å². The molecule has 0 saturated heterocycles. The van der Waals surface area contributed by atoms with Crippen LogP contribution in [0.25, 0.3) is 0 Å². The lowest BCUT2D eigenvalue weighted by Crippen LogP contribution is -2.29. The standard InChI is InChI=1S/C18H26O2/c1-3-6-14-7-5-8-15(11-14)17-12-13(4-2)9-10-16(17)18(19)20/h5,7-8,11,13,16-17H,3-4,6,9-10,12H2,1-2H3,(H,19,20). The van der Waals surface area contributed by atoms with Crippen LogP contribution in [0.3, 0.4) is 0 Å². The van der Waals surface area contributed by atoms with Crippen LogP contribution >= 0.6 is 0 Å². The zero-order valence-corrected chi connectivity index (χ0v) is 12.6. The van der Waals surface area contributed by atoms with Crippen molar-refractivity contribution < 1.29 is 9.90 Å². The molecule has 1 aromatic carbocycles. The van der Waals surface area contributed by atoms with E-state index in [0.717, 1.165) is 38.5 Å². The van der Waals surface area contributed by atoms with Crippen molar-refractivity contribution in [2.24, 2.45) is 11.8 Å². The van der Waals surface area contributed by atoms with Gasteiger partial charge in [0.05, 0.1) is 5.92 Å². The van der Waals surface area contributed by atoms with Crippen LogP contribution in [0, 0.1) is 11.8 Å². The normalized spacial score (nSPS) is 26.4. The van der Waals surface area contributed by atoms with E-state index in [2.05, 4.69) is 38.1 Å². The number of hydrogen-bond donors (Lipinski definition) is 1. The molecular weight excluding hydrogens is 248 g/mol. The summed E-state index contributed by atoms with van der Waals surface area (Å²) in [5.41, 5.74) is 2.58. The number of carboxylic acids is 1. The van der Waals surface area contributed by atoms with E-state index in [1.54, 1.807) is 0 Å². The fourth-order valence-electron chi connectivity index (χ4n) is 3.56. The SMILES string of the molecule is CCCc1cccc(C2CC(CC)CCC2C(=O)O)c1. The highest BCUT2D eigenvalue weighted by Gasteiger charge is 2.35. The predicted molar refractivity (Wildman–Crippen MR) is 81.9 cm³/mol. The van der Waals surface area contributed by atoms with Crippen molar-refractivity contribution in [1.82, 2.24) is 0 Å². The van der Waals surface area contributed by atoms with E-state index in [0.29, 0.717) is 5.92 Å². The predicted octanol–water partition coefficient (Wildman–Crippen LogP) is 4.63. The molecule has 0 spiro atoms. The molecule has 0 heterocycles. The number of aryl methyl sites for hydroxylation is 1. The van der Waals surface area contributed by atoms with Gasteiger partial charge in [0.2, 0.25) is 0 Å². The minimum absolute atomic E-state index is 0.197. The van der Waals surface area contributed by atoms with Gasteiger partial charge in [0.15, 0.2) is 0 Å². The van der Waals surface area contributed by atoms with E-state index in [1.807, 2.05) is 0 Å². The Morgan fingerprint density at radius 3 is 2.75 bits per heavy atom. The Morgan fingerprint density at radius 1 is 1.30 bits per heavy atom. The summed E-state index contributed by atoms with van der Waals surface area (Å²) in [6, 6.07) is 8.61. The first-order chi connectivity index (χ1) is 9.65. The van der Waals surface area contributed by atoms with E-state index in [-0.39, 0.29) is 11.8 Å². The molecule has 2 heteroatoms. The number of aliphatic carboxylic acids is 1. The number of benzene rings is 1. The van der Waals surface area contributed by atoms with Crippen LogP contribution in [0.15, 0.2) is 24.3 Å². The average molecular weight is 274 g/mol. The molecule has 0 radical (unpaired) electrons. The van der Waals surface area contributed by atoms with Crippen molar-refractivity contribution in [3.63, 3.8) is 0 Å². The maximum absolute atomic E-state index is 11.5. The van der Waals surface area contributed by atoms with Crippen molar-refractivity contribution in [3.8, 4) is 0 Å². The van der Waals surface area contributed by atoms with Crippen LogP contribution < -0.4 is 0 Å². The number of rotatable bonds is 5. The van der Waals surface area contributed by atoms with E-state index in [1.165, 1.54) is 11.1 Å². The van der Waals surface area contributed by atoms with Crippen LogP contribution in [0.2, 0.25) is 0 Å². The molecule has 1 N–H and O–H groups in total. The lowest BCUT2D eigenvalue weighted by atomic mass is 9.70. The Bertz CT molecular complexity index is 452. The first-order valence-corrected chi connectivity index (χ1v) is 7.97. The van der Waals surface area contributed by atoms with Gasteiger partial charge in [-0.2, -0.15) is 0 Å². The van der Waals surface area contributed by atoms with Gasteiger partial charge in [-0.15, -0.1) is 0 Å². The lowest BCUT2D eigenvalue weighted by Gasteiger charge is -2.34. The molecule has 1 fully saturated rings. The molecule has 1 saturated carbocycles. The maximum Gasteiger partial charge on any atom is 0.307 e. The number of hydrogen-bond acceptors (Lipinski definition) is 1. The zero-order chi connectivity index (χ0) is 14.5. The summed E-state index contributed by atoms with van der Waals surface area (Å²) in [4.78, 5) is 11.5. The second-order valence-electron chi connectivity index (χ2n) is 6.13. The highest BCUT2D eigenvalue weighted by atomic mass is 16.4. The fraction of sp³-hybridized carbons (Fsp3) is 0.611. The topological polar surface area (TPSA) is 37.3 Å². The molecule has 3 unspecified atom stereocenters. The second kappa shape index (κ2) is 6.92. The molecule has 110 valence electrons. The van der Waals surface area contributed by atoms with Crippen LogP contribution in [-0.4, -0.2) is 11.1 Å². The van der Waals surface area contributed by atoms with Crippen molar-refractivity contribution in [2.45, 2.75) is 58.3 Å².